The highest BCUT2D eigenvalue weighted by Gasteiger charge is 2.25. The van der Waals surface area contributed by atoms with E-state index in [0.717, 1.165) is 24.6 Å². The van der Waals surface area contributed by atoms with Crippen LogP contribution >= 0.6 is 0 Å². The van der Waals surface area contributed by atoms with Crippen LogP contribution in [0.15, 0.2) is 35.3 Å². The summed E-state index contributed by atoms with van der Waals surface area (Å²) < 4.78 is 5.97. The summed E-state index contributed by atoms with van der Waals surface area (Å²) in [5, 5.41) is 3.33. The second kappa shape index (κ2) is 7.29. The zero-order chi connectivity index (χ0) is 14.3. The van der Waals surface area contributed by atoms with Crippen molar-refractivity contribution in [3.63, 3.8) is 0 Å². The summed E-state index contributed by atoms with van der Waals surface area (Å²) in [5.74, 6) is 1.50. The highest BCUT2D eigenvalue weighted by atomic mass is 16.5. The Morgan fingerprint density at radius 3 is 2.42 bits per heavy atom. The van der Waals surface area contributed by atoms with Gasteiger partial charge in [-0.15, -0.1) is 0 Å². The molecule has 1 N–H and O–H groups in total. The van der Waals surface area contributed by atoms with Crippen molar-refractivity contribution >= 4 is 11.5 Å². The standard InChI is InChI=1S/C16H26N2O/c1-13(2)11-12-19-16(3,4)15(17-5)18-14-9-7-6-8-10-14/h6-10,13H,11-12H2,1-5H3,(H,17,18). The van der Waals surface area contributed by atoms with Crippen molar-refractivity contribution in [3.8, 4) is 0 Å². The molecule has 1 rings (SSSR count). The van der Waals surface area contributed by atoms with Gasteiger partial charge in [0.25, 0.3) is 0 Å². The average molecular weight is 262 g/mol. The fourth-order valence-electron chi connectivity index (χ4n) is 1.75. The molecule has 0 unspecified atom stereocenters. The first-order chi connectivity index (χ1) is 8.95. The third-order valence-electron chi connectivity index (χ3n) is 2.99. The molecule has 1 aromatic carbocycles. The Morgan fingerprint density at radius 2 is 1.89 bits per heavy atom. The van der Waals surface area contributed by atoms with E-state index in [1.54, 1.807) is 7.05 Å². The number of benzene rings is 1. The van der Waals surface area contributed by atoms with Gasteiger partial charge in [-0.25, -0.2) is 0 Å². The SMILES string of the molecule is C/N=C(\Nc1ccccc1)C(C)(C)OCCC(C)C. The van der Waals surface area contributed by atoms with E-state index >= 15 is 0 Å². The molecule has 0 amide bonds. The molecule has 0 bridgehead atoms. The van der Waals surface area contributed by atoms with Crippen molar-refractivity contribution in [2.75, 3.05) is 19.0 Å². The van der Waals surface area contributed by atoms with Gasteiger partial charge in [-0.05, 0) is 38.3 Å². The molecule has 0 radical (unpaired) electrons. The van der Waals surface area contributed by atoms with Crippen LogP contribution < -0.4 is 5.32 Å². The average Bonchev–Trinajstić information content (AvgIpc) is 2.36. The minimum atomic E-state index is -0.403. The van der Waals surface area contributed by atoms with Gasteiger partial charge in [0.2, 0.25) is 0 Å². The first kappa shape index (κ1) is 15.7. The Morgan fingerprint density at radius 1 is 1.26 bits per heavy atom. The third kappa shape index (κ3) is 5.43. The van der Waals surface area contributed by atoms with Gasteiger partial charge in [0.15, 0.2) is 0 Å². The lowest BCUT2D eigenvalue weighted by molar-refractivity contribution is 0.0284. The normalized spacial score (nSPS) is 12.8. The van der Waals surface area contributed by atoms with Crippen LogP contribution in [0.2, 0.25) is 0 Å². The van der Waals surface area contributed by atoms with Crippen LogP contribution in [0.5, 0.6) is 0 Å². The van der Waals surface area contributed by atoms with Crippen LogP contribution in [-0.4, -0.2) is 25.1 Å². The molecule has 1 aromatic rings. The number of hydrogen-bond donors (Lipinski definition) is 1. The zero-order valence-corrected chi connectivity index (χ0v) is 12.7. The van der Waals surface area contributed by atoms with E-state index in [4.69, 9.17) is 4.74 Å². The molecule has 0 spiro atoms. The molecule has 0 aromatic heterocycles. The maximum Gasteiger partial charge on any atom is 0.133 e. The lowest BCUT2D eigenvalue weighted by atomic mass is 10.1. The molecule has 0 aliphatic heterocycles. The Hall–Kier alpha value is -1.35. The molecule has 3 nitrogen and oxygen atoms in total. The van der Waals surface area contributed by atoms with E-state index in [0.29, 0.717) is 5.92 Å². The number of ether oxygens (including phenoxy) is 1. The number of para-hydroxylation sites is 1. The van der Waals surface area contributed by atoms with Crippen molar-refractivity contribution in [2.45, 2.75) is 39.7 Å². The van der Waals surface area contributed by atoms with E-state index in [1.165, 1.54) is 0 Å². The van der Waals surface area contributed by atoms with Crippen LogP contribution in [0.25, 0.3) is 0 Å². The smallest absolute Gasteiger partial charge is 0.133 e. The zero-order valence-electron chi connectivity index (χ0n) is 12.7. The number of rotatable bonds is 6. The van der Waals surface area contributed by atoms with Crippen LogP contribution in [0, 0.1) is 5.92 Å². The number of aliphatic imine (C=N–C) groups is 1. The van der Waals surface area contributed by atoms with Gasteiger partial charge in [-0.3, -0.25) is 4.99 Å². The van der Waals surface area contributed by atoms with E-state index in [2.05, 4.69) is 24.2 Å². The Bertz CT molecular complexity index is 396. The van der Waals surface area contributed by atoms with Gasteiger partial charge < -0.3 is 10.1 Å². The van der Waals surface area contributed by atoms with Crippen LogP contribution in [0.3, 0.4) is 0 Å². The Labute approximate surface area is 117 Å². The summed E-state index contributed by atoms with van der Waals surface area (Å²) in [6.45, 7) is 9.25. The third-order valence-corrected chi connectivity index (χ3v) is 2.99. The number of nitrogens with zero attached hydrogens (tertiary/aromatic N) is 1. The predicted molar refractivity (Wildman–Crippen MR) is 82.9 cm³/mol. The van der Waals surface area contributed by atoms with Crippen molar-refractivity contribution in [3.05, 3.63) is 30.3 Å². The fraction of sp³-hybridized carbons (Fsp3) is 0.562. The van der Waals surface area contributed by atoms with E-state index < -0.39 is 5.60 Å². The van der Waals surface area contributed by atoms with Crippen molar-refractivity contribution in [2.24, 2.45) is 10.9 Å². The minimum absolute atomic E-state index is 0.403. The molecular weight excluding hydrogens is 236 g/mol. The van der Waals surface area contributed by atoms with Crippen molar-refractivity contribution < 1.29 is 4.74 Å². The summed E-state index contributed by atoms with van der Waals surface area (Å²) in [5.41, 5.74) is 0.628. The second-order valence-electron chi connectivity index (χ2n) is 5.60. The molecule has 106 valence electrons. The summed E-state index contributed by atoms with van der Waals surface area (Å²) in [4.78, 5) is 4.33. The molecule has 0 aliphatic rings. The van der Waals surface area contributed by atoms with Gasteiger partial charge in [-0.1, -0.05) is 32.0 Å². The first-order valence-electron chi connectivity index (χ1n) is 6.89. The fourth-order valence-corrected chi connectivity index (χ4v) is 1.75. The molecule has 0 aliphatic carbocycles. The lowest BCUT2D eigenvalue weighted by Crippen LogP contribution is -2.40. The summed E-state index contributed by atoms with van der Waals surface area (Å²) in [6, 6.07) is 10.0. The summed E-state index contributed by atoms with van der Waals surface area (Å²) in [6.07, 6.45) is 1.06. The molecule has 0 heterocycles. The van der Waals surface area contributed by atoms with Gasteiger partial charge in [0.05, 0.1) is 0 Å². The van der Waals surface area contributed by atoms with E-state index in [1.807, 2.05) is 44.2 Å². The van der Waals surface area contributed by atoms with Crippen LogP contribution in [0.1, 0.15) is 34.1 Å². The molecule has 0 saturated heterocycles. The molecule has 3 heteroatoms. The first-order valence-corrected chi connectivity index (χ1v) is 6.89. The maximum atomic E-state index is 5.97. The minimum Gasteiger partial charge on any atom is -0.368 e. The maximum absolute atomic E-state index is 5.97. The van der Waals surface area contributed by atoms with Crippen LogP contribution in [0.4, 0.5) is 5.69 Å². The Balaban J connectivity index is 2.63. The topological polar surface area (TPSA) is 33.6 Å². The monoisotopic (exact) mass is 262 g/mol. The summed E-state index contributed by atoms with van der Waals surface area (Å²) in [7, 11) is 1.79. The van der Waals surface area contributed by atoms with Crippen LogP contribution in [-0.2, 0) is 4.74 Å². The van der Waals surface area contributed by atoms with Gasteiger partial charge >= 0.3 is 0 Å². The van der Waals surface area contributed by atoms with Gasteiger partial charge in [0.1, 0.15) is 11.4 Å². The van der Waals surface area contributed by atoms with E-state index in [9.17, 15) is 0 Å². The van der Waals surface area contributed by atoms with Crippen molar-refractivity contribution in [1.29, 1.82) is 0 Å². The lowest BCUT2D eigenvalue weighted by Gasteiger charge is -2.28. The Kier molecular flexibility index (Phi) is 6.03. The molecule has 19 heavy (non-hydrogen) atoms. The number of amidine groups is 1. The number of hydrogen-bond acceptors (Lipinski definition) is 2. The predicted octanol–water partition coefficient (Wildman–Crippen LogP) is 3.97. The molecule has 0 saturated carbocycles. The van der Waals surface area contributed by atoms with E-state index in [-0.39, 0.29) is 0 Å². The highest BCUT2D eigenvalue weighted by molar-refractivity contribution is 6.01. The molecule has 0 atom stereocenters. The number of nitrogens with one attached hydrogen (secondary N) is 1. The van der Waals surface area contributed by atoms with Gasteiger partial charge in [0, 0.05) is 19.3 Å². The van der Waals surface area contributed by atoms with Crippen molar-refractivity contribution in [1.82, 2.24) is 0 Å². The largest absolute Gasteiger partial charge is 0.368 e. The molecular formula is C16H26N2O. The summed E-state index contributed by atoms with van der Waals surface area (Å²) >= 11 is 0. The quantitative estimate of drug-likeness (QED) is 0.621. The molecule has 0 fully saturated rings. The second-order valence-corrected chi connectivity index (χ2v) is 5.60. The van der Waals surface area contributed by atoms with Gasteiger partial charge in [-0.2, -0.15) is 0 Å². The number of anilines is 1. The highest BCUT2D eigenvalue weighted by Crippen LogP contribution is 2.16.